The topological polar surface area (TPSA) is 42.2 Å². The average Bonchev–Trinajstić information content (AvgIpc) is 2.64. The van der Waals surface area contributed by atoms with E-state index in [1.54, 1.807) is 11.3 Å². The predicted molar refractivity (Wildman–Crippen MR) is 75.7 cm³/mol. The molecule has 0 amide bonds. The summed E-state index contributed by atoms with van der Waals surface area (Å²) in [7, 11) is 0. The Balaban J connectivity index is 3.15. The van der Waals surface area contributed by atoms with Gasteiger partial charge in [-0.25, -0.2) is 4.98 Å². The van der Waals surface area contributed by atoms with E-state index in [9.17, 15) is 0 Å². The number of thiocarbonyl (C=S) groups is 1. The van der Waals surface area contributed by atoms with Crippen LogP contribution in [-0.2, 0) is 0 Å². The van der Waals surface area contributed by atoms with Crippen LogP contribution in [0, 0.1) is 0 Å². The summed E-state index contributed by atoms with van der Waals surface area (Å²) in [6.45, 7) is 10.4. The maximum atomic E-state index is 5.73. The molecule has 0 unspecified atom stereocenters. The Labute approximate surface area is 107 Å². The molecule has 0 saturated carbocycles. The van der Waals surface area contributed by atoms with Crippen LogP contribution in [0.2, 0.25) is 0 Å². The fraction of sp³-hybridized carbons (Fsp3) is 0.636. The molecule has 90 valence electrons. The molecule has 0 aliphatic carbocycles. The van der Waals surface area contributed by atoms with Crippen molar-refractivity contribution in [3.8, 4) is 0 Å². The Morgan fingerprint density at radius 2 is 2.00 bits per heavy atom. The van der Waals surface area contributed by atoms with Crippen molar-refractivity contribution in [2.75, 3.05) is 18.0 Å². The summed E-state index contributed by atoms with van der Waals surface area (Å²) in [6.07, 6.45) is 0. The fourth-order valence-corrected chi connectivity index (χ4v) is 2.95. The molecule has 0 radical (unpaired) electrons. The summed E-state index contributed by atoms with van der Waals surface area (Å²) >= 11 is 6.67. The Morgan fingerprint density at radius 1 is 1.44 bits per heavy atom. The number of nitrogens with two attached hydrogens (primary N) is 1. The molecule has 1 aromatic rings. The van der Waals surface area contributed by atoms with Gasteiger partial charge in [-0.15, -0.1) is 0 Å². The molecule has 0 spiro atoms. The van der Waals surface area contributed by atoms with Crippen molar-refractivity contribution in [1.29, 1.82) is 0 Å². The summed E-state index contributed by atoms with van der Waals surface area (Å²) in [4.78, 5) is 8.29. The molecule has 0 aliphatic rings. The van der Waals surface area contributed by atoms with Gasteiger partial charge in [0.2, 0.25) is 0 Å². The summed E-state index contributed by atoms with van der Waals surface area (Å²) in [5, 5.41) is 1.02. The van der Waals surface area contributed by atoms with Gasteiger partial charge in [0.1, 0.15) is 4.99 Å². The lowest BCUT2D eigenvalue weighted by Gasteiger charge is -2.16. The van der Waals surface area contributed by atoms with Crippen LogP contribution < -0.4 is 10.6 Å². The molecule has 1 aromatic heterocycles. The van der Waals surface area contributed by atoms with Crippen molar-refractivity contribution in [2.24, 2.45) is 5.73 Å². The normalized spacial score (nSPS) is 10.8. The monoisotopic (exact) mass is 257 g/mol. The van der Waals surface area contributed by atoms with Gasteiger partial charge in [0, 0.05) is 13.1 Å². The number of nitrogens with zero attached hydrogens (tertiary/aromatic N) is 2. The van der Waals surface area contributed by atoms with E-state index in [1.165, 1.54) is 0 Å². The Kier molecular flexibility index (Phi) is 4.68. The fourth-order valence-electron chi connectivity index (χ4n) is 1.52. The Bertz CT molecular complexity index is 367. The van der Waals surface area contributed by atoms with Crippen LogP contribution in [0.4, 0.5) is 5.13 Å². The van der Waals surface area contributed by atoms with Crippen LogP contribution in [-0.4, -0.2) is 23.1 Å². The first kappa shape index (κ1) is 13.4. The van der Waals surface area contributed by atoms with Crippen molar-refractivity contribution in [3.05, 3.63) is 10.6 Å². The molecule has 5 heteroatoms. The molecule has 0 aliphatic heterocycles. The lowest BCUT2D eigenvalue weighted by molar-refractivity contribution is 0.810. The second kappa shape index (κ2) is 5.59. The van der Waals surface area contributed by atoms with E-state index in [1.807, 2.05) is 0 Å². The van der Waals surface area contributed by atoms with Crippen LogP contribution in [0.3, 0.4) is 0 Å². The smallest absolute Gasteiger partial charge is 0.186 e. The van der Waals surface area contributed by atoms with Gasteiger partial charge in [-0.1, -0.05) is 37.4 Å². The molecule has 0 saturated heterocycles. The van der Waals surface area contributed by atoms with E-state index < -0.39 is 0 Å². The van der Waals surface area contributed by atoms with E-state index in [0.29, 0.717) is 10.9 Å². The third kappa shape index (κ3) is 2.71. The second-order valence-corrected chi connectivity index (χ2v) is 5.32. The van der Waals surface area contributed by atoms with Gasteiger partial charge in [0.25, 0.3) is 0 Å². The first-order valence-electron chi connectivity index (χ1n) is 5.56. The molecule has 0 bridgehead atoms. The Hall–Kier alpha value is -0.680. The van der Waals surface area contributed by atoms with E-state index in [0.717, 1.165) is 28.8 Å². The molecule has 16 heavy (non-hydrogen) atoms. The van der Waals surface area contributed by atoms with Crippen molar-refractivity contribution < 1.29 is 0 Å². The first-order chi connectivity index (χ1) is 7.51. The SMILES string of the molecule is CCN(CC)c1nc(C(C)C)c(C(N)=S)s1. The standard InChI is InChI=1S/C11H19N3S2/c1-5-14(6-2)11-13-8(7(3)4)9(16-11)10(12)15/h7H,5-6H2,1-4H3,(H2,12,15). The maximum absolute atomic E-state index is 5.73. The zero-order valence-corrected chi connectivity index (χ0v) is 11.9. The number of thiazole rings is 1. The number of aromatic nitrogens is 1. The highest BCUT2D eigenvalue weighted by Crippen LogP contribution is 2.30. The summed E-state index contributed by atoms with van der Waals surface area (Å²) in [5.74, 6) is 0.358. The van der Waals surface area contributed by atoms with Gasteiger partial charge >= 0.3 is 0 Å². The molecule has 0 fully saturated rings. The van der Waals surface area contributed by atoms with Gasteiger partial charge in [-0.2, -0.15) is 0 Å². The first-order valence-corrected chi connectivity index (χ1v) is 6.79. The largest absolute Gasteiger partial charge is 0.389 e. The van der Waals surface area contributed by atoms with Gasteiger partial charge in [0.05, 0.1) is 10.6 Å². The van der Waals surface area contributed by atoms with Crippen molar-refractivity contribution in [3.63, 3.8) is 0 Å². The summed E-state index contributed by atoms with van der Waals surface area (Å²) in [6, 6.07) is 0. The van der Waals surface area contributed by atoms with Gasteiger partial charge in [0.15, 0.2) is 5.13 Å². The van der Waals surface area contributed by atoms with Crippen LogP contribution in [0.1, 0.15) is 44.2 Å². The molecular weight excluding hydrogens is 238 g/mol. The van der Waals surface area contributed by atoms with Gasteiger partial charge in [-0.3, -0.25) is 0 Å². The molecule has 1 heterocycles. The molecule has 3 nitrogen and oxygen atoms in total. The zero-order chi connectivity index (χ0) is 12.3. The minimum absolute atomic E-state index is 0.358. The number of hydrogen-bond donors (Lipinski definition) is 1. The highest BCUT2D eigenvalue weighted by atomic mass is 32.1. The van der Waals surface area contributed by atoms with Crippen LogP contribution >= 0.6 is 23.6 Å². The third-order valence-corrected chi connectivity index (χ3v) is 3.95. The van der Waals surface area contributed by atoms with Crippen molar-refractivity contribution >= 4 is 33.7 Å². The molecular formula is C11H19N3S2. The maximum Gasteiger partial charge on any atom is 0.186 e. The second-order valence-electron chi connectivity index (χ2n) is 3.90. The summed E-state index contributed by atoms with van der Waals surface area (Å²) < 4.78 is 0. The predicted octanol–water partition coefficient (Wildman–Crippen LogP) is 2.75. The molecule has 1 rings (SSSR count). The molecule has 0 atom stereocenters. The quantitative estimate of drug-likeness (QED) is 0.824. The lowest BCUT2D eigenvalue weighted by atomic mass is 10.1. The van der Waals surface area contributed by atoms with E-state index >= 15 is 0 Å². The third-order valence-electron chi connectivity index (χ3n) is 2.45. The highest BCUT2D eigenvalue weighted by molar-refractivity contribution is 7.81. The van der Waals surface area contributed by atoms with E-state index in [-0.39, 0.29) is 0 Å². The van der Waals surface area contributed by atoms with Gasteiger partial charge in [-0.05, 0) is 19.8 Å². The Morgan fingerprint density at radius 3 is 2.31 bits per heavy atom. The highest BCUT2D eigenvalue weighted by Gasteiger charge is 2.18. The van der Waals surface area contributed by atoms with Crippen molar-refractivity contribution in [1.82, 2.24) is 4.98 Å². The van der Waals surface area contributed by atoms with Crippen LogP contribution in [0.25, 0.3) is 0 Å². The van der Waals surface area contributed by atoms with Gasteiger partial charge < -0.3 is 10.6 Å². The van der Waals surface area contributed by atoms with Crippen LogP contribution in [0.5, 0.6) is 0 Å². The number of hydrogen-bond acceptors (Lipinski definition) is 4. The van der Waals surface area contributed by atoms with E-state index in [2.05, 4.69) is 37.6 Å². The number of rotatable bonds is 5. The lowest BCUT2D eigenvalue weighted by Crippen LogP contribution is -2.21. The van der Waals surface area contributed by atoms with E-state index in [4.69, 9.17) is 18.0 Å². The average molecular weight is 257 g/mol. The number of anilines is 1. The molecule has 2 N–H and O–H groups in total. The zero-order valence-electron chi connectivity index (χ0n) is 10.3. The molecule has 0 aromatic carbocycles. The van der Waals surface area contributed by atoms with Crippen LogP contribution in [0.15, 0.2) is 0 Å². The minimum atomic E-state index is 0.358. The summed E-state index contributed by atoms with van der Waals surface area (Å²) in [5.41, 5.74) is 6.76. The van der Waals surface area contributed by atoms with Crippen molar-refractivity contribution in [2.45, 2.75) is 33.6 Å². The minimum Gasteiger partial charge on any atom is -0.389 e.